The van der Waals surface area contributed by atoms with Crippen molar-refractivity contribution in [2.75, 3.05) is 0 Å². The Hall–Kier alpha value is -0.820. The highest BCUT2D eigenvalue weighted by Crippen LogP contribution is 2.32. The number of rotatable bonds is 3. The summed E-state index contributed by atoms with van der Waals surface area (Å²) < 4.78 is 0. The van der Waals surface area contributed by atoms with E-state index in [0.717, 1.165) is 17.9 Å². The number of hydrogen-bond donors (Lipinski definition) is 1. The third-order valence-electron chi connectivity index (χ3n) is 3.22. The molecular formula is C13H18O. The van der Waals surface area contributed by atoms with Crippen LogP contribution < -0.4 is 0 Å². The molecule has 1 aromatic rings. The van der Waals surface area contributed by atoms with Crippen molar-refractivity contribution in [1.29, 1.82) is 0 Å². The van der Waals surface area contributed by atoms with Gasteiger partial charge in [0.15, 0.2) is 0 Å². The van der Waals surface area contributed by atoms with Crippen LogP contribution >= 0.6 is 0 Å². The van der Waals surface area contributed by atoms with Gasteiger partial charge in [-0.25, -0.2) is 0 Å². The van der Waals surface area contributed by atoms with E-state index in [1.54, 1.807) is 0 Å². The SMILES string of the molecule is O[C@@H](CC1CCCC1)c1ccccc1. The lowest BCUT2D eigenvalue weighted by molar-refractivity contribution is 0.145. The summed E-state index contributed by atoms with van der Waals surface area (Å²) in [6.45, 7) is 0. The minimum Gasteiger partial charge on any atom is -0.388 e. The van der Waals surface area contributed by atoms with E-state index < -0.39 is 0 Å². The van der Waals surface area contributed by atoms with Crippen molar-refractivity contribution >= 4 is 0 Å². The van der Waals surface area contributed by atoms with Crippen molar-refractivity contribution in [1.82, 2.24) is 0 Å². The van der Waals surface area contributed by atoms with Gasteiger partial charge >= 0.3 is 0 Å². The molecule has 0 spiro atoms. The monoisotopic (exact) mass is 190 g/mol. The lowest BCUT2D eigenvalue weighted by Gasteiger charge is -2.15. The Balaban J connectivity index is 1.92. The van der Waals surface area contributed by atoms with Crippen LogP contribution in [0.2, 0.25) is 0 Å². The summed E-state index contributed by atoms with van der Waals surface area (Å²) in [5.74, 6) is 0.755. The van der Waals surface area contributed by atoms with Crippen molar-refractivity contribution < 1.29 is 5.11 Å². The van der Waals surface area contributed by atoms with Crippen molar-refractivity contribution in [2.45, 2.75) is 38.2 Å². The molecule has 0 amide bonds. The fourth-order valence-electron chi connectivity index (χ4n) is 2.37. The van der Waals surface area contributed by atoms with Crippen molar-refractivity contribution in [2.24, 2.45) is 5.92 Å². The fourth-order valence-corrected chi connectivity index (χ4v) is 2.37. The molecule has 1 nitrogen and oxygen atoms in total. The summed E-state index contributed by atoms with van der Waals surface area (Å²) in [6, 6.07) is 10.0. The van der Waals surface area contributed by atoms with Gasteiger partial charge in [0.05, 0.1) is 6.10 Å². The fraction of sp³-hybridized carbons (Fsp3) is 0.538. The molecule has 0 aliphatic heterocycles. The van der Waals surface area contributed by atoms with E-state index in [1.807, 2.05) is 30.3 Å². The lowest BCUT2D eigenvalue weighted by atomic mass is 9.96. The third-order valence-corrected chi connectivity index (χ3v) is 3.22. The van der Waals surface area contributed by atoms with E-state index in [0.29, 0.717) is 0 Å². The zero-order valence-corrected chi connectivity index (χ0v) is 8.52. The maximum absolute atomic E-state index is 9.98. The zero-order chi connectivity index (χ0) is 9.80. The zero-order valence-electron chi connectivity index (χ0n) is 8.52. The first-order valence-electron chi connectivity index (χ1n) is 5.59. The second-order valence-electron chi connectivity index (χ2n) is 4.31. The maximum Gasteiger partial charge on any atom is 0.0792 e. The summed E-state index contributed by atoms with van der Waals surface area (Å²) in [4.78, 5) is 0. The Morgan fingerprint density at radius 2 is 1.79 bits per heavy atom. The van der Waals surface area contributed by atoms with E-state index in [9.17, 15) is 5.11 Å². The van der Waals surface area contributed by atoms with Crippen molar-refractivity contribution in [3.63, 3.8) is 0 Å². The van der Waals surface area contributed by atoms with Gasteiger partial charge in [0, 0.05) is 0 Å². The van der Waals surface area contributed by atoms with Gasteiger partial charge in [-0.3, -0.25) is 0 Å². The first-order valence-corrected chi connectivity index (χ1v) is 5.59. The second kappa shape index (κ2) is 4.61. The third kappa shape index (κ3) is 2.36. The van der Waals surface area contributed by atoms with E-state index in [2.05, 4.69) is 0 Å². The average Bonchev–Trinajstić information content (AvgIpc) is 2.72. The molecule has 0 radical (unpaired) electrons. The molecule has 1 atom stereocenters. The van der Waals surface area contributed by atoms with Gasteiger partial charge in [0.1, 0.15) is 0 Å². The van der Waals surface area contributed by atoms with Crippen LogP contribution in [0.5, 0.6) is 0 Å². The molecule has 1 fully saturated rings. The standard InChI is InChI=1S/C13H18O/c14-13(10-11-6-4-5-7-11)12-8-2-1-3-9-12/h1-3,8-9,11,13-14H,4-7,10H2/t13-/m0/s1. The van der Waals surface area contributed by atoms with Gasteiger partial charge in [-0.1, -0.05) is 56.0 Å². The molecule has 0 aromatic heterocycles. The topological polar surface area (TPSA) is 20.2 Å². The largest absolute Gasteiger partial charge is 0.388 e. The molecule has 1 N–H and O–H groups in total. The molecule has 1 aliphatic carbocycles. The average molecular weight is 190 g/mol. The van der Waals surface area contributed by atoms with Gasteiger partial charge in [-0.05, 0) is 17.9 Å². The van der Waals surface area contributed by atoms with Crippen LogP contribution in [-0.2, 0) is 0 Å². The van der Waals surface area contributed by atoms with E-state index in [1.165, 1.54) is 25.7 Å². The predicted molar refractivity (Wildman–Crippen MR) is 58.0 cm³/mol. The molecule has 76 valence electrons. The van der Waals surface area contributed by atoms with Gasteiger partial charge in [0.25, 0.3) is 0 Å². The first-order chi connectivity index (χ1) is 6.86. The first kappa shape index (κ1) is 9.72. The molecule has 1 saturated carbocycles. The molecular weight excluding hydrogens is 172 g/mol. The summed E-state index contributed by atoms with van der Waals surface area (Å²) >= 11 is 0. The Labute approximate surface area is 85.8 Å². The van der Waals surface area contributed by atoms with Crippen LogP contribution in [0.25, 0.3) is 0 Å². The second-order valence-corrected chi connectivity index (χ2v) is 4.31. The highest BCUT2D eigenvalue weighted by molar-refractivity contribution is 5.17. The quantitative estimate of drug-likeness (QED) is 0.775. The number of aliphatic hydroxyl groups is 1. The lowest BCUT2D eigenvalue weighted by Crippen LogP contribution is -2.03. The minimum atomic E-state index is -0.251. The molecule has 0 unspecified atom stereocenters. The molecule has 14 heavy (non-hydrogen) atoms. The molecule has 1 heteroatoms. The molecule has 1 aromatic carbocycles. The van der Waals surface area contributed by atoms with Crippen LogP contribution in [0.3, 0.4) is 0 Å². The van der Waals surface area contributed by atoms with Gasteiger partial charge in [0.2, 0.25) is 0 Å². The number of aliphatic hydroxyl groups excluding tert-OH is 1. The van der Waals surface area contributed by atoms with Gasteiger partial charge in [-0.2, -0.15) is 0 Å². The smallest absolute Gasteiger partial charge is 0.0792 e. The molecule has 0 saturated heterocycles. The number of benzene rings is 1. The van der Waals surface area contributed by atoms with Crippen LogP contribution in [0.15, 0.2) is 30.3 Å². The van der Waals surface area contributed by atoms with Crippen molar-refractivity contribution in [3.05, 3.63) is 35.9 Å². The molecule has 0 heterocycles. The van der Waals surface area contributed by atoms with Gasteiger partial charge < -0.3 is 5.11 Å². The Bertz CT molecular complexity index is 262. The predicted octanol–water partition coefficient (Wildman–Crippen LogP) is 3.30. The highest BCUT2D eigenvalue weighted by Gasteiger charge is 2.19. The molecule has 1 aliphatic rings. The van der Waals surface area contributed by atoms with E-state index in [4.69, 9.17) is 0 Å². The Morgan fingerprint density at radius 3 is 2.43 bits per heavy atom. The summed E-state index contributed by atoms with van der Waals surface area (Å²) in [7, 11) is 0. The Kier molecular flexibility index (Phi) is 3.20. The van der Waals surface area contributed by atoms with Gasteiger partial charge in [-0.15, -0.1) is 0 Å². The van der Waals surface area contributed by atoms with Crippen LogP contribution in [0.1, 0.15) is 43.8 Å². The summed E-state index contributed by atoms with van der Waals surface area (Å²) in [6.07, 6.45) is 6.02. The maximum atomic E-state index is 9.98. The van der Waals surface area contributed by atoms with Crippen molar-refractivity contribution in [3.8, 4) is 0 Å². The highest BCUT2D eigenvalue weighted by atomic mass is 16.3. The van der Waals surface area contributed by atoms with Crippen LogP contribution in [0.4, 0.5) is 0 Å². The Morgan fingerprint density at radius 1 is 1.14 bits per heavy atom. The number of hydrogen-bond acceptors (Lipinski definition) is 1. The molecule has 0 bridgehead atoms. The van der Waals surface area contributed by atoms with E-state index in [-0.39, 0.29) is 6.10 Å². The summed E-state index contributed by atoms with van der Waals surface area (Å²) in [5, 5.41) is 9.98. The van der Waals surface area contributed by atoms with E-state index >= 15 is 0 Å². The molecule has 2 rings (SSSR count). The minimum absolute atomic E-state index is 0.251. The van der Waals surface area contributed by atoms with Crippen LogP contribution in [0, 0.1) is 5.92 Å². The van der Waals surface area contributed by atoms with Crippen LogP contribution in [-0.4, -0.2) is 5.11 Å². The normalized spacial score (nSPS) is 19.8. The summed E-state index contributed by atoms with van der Waals surface area (Å²) in [5.41, 5.74) is 1.07.